The van der Waals surface area contributed by atoms with E-state index in [-0.39, 0.29) is 6.09 Å². The van der Waals surface area contributed by atoms with Gasteiger partial charge in [-0.05, 0) is 35.8 Å². The highest BCUT2D eigenvalue weighted by Crippen LogP contribution is 2.48. The molecule has 1 amide bonds. The van der Waals surface area contributed by atoms with Crippen molar-refractivity contribution in [3.63, 3.8) is 0 Å². The number of ether oxygens (including phenoxy) is 1. The Kier molecular flexibility index (Phi) is 4.22. The number of rotatable bonds is 3. The highest BCUT2D eigenvalue weighted by molar-refractivity contribution is 5.68. The lowest BCUT2D eigenvalue weighted by Gasteiger charge is -2.26. The van der Waals surface area contributed by atoms with Crippen molar-refractivity contribution < 1.29 is 14.6 Å². The summed E-state index contributed by atoms with van der Waals surface area (Å²) in [6, 6.07) is 19.6. The number of aliphatic hydroxyl groups is 1. The Morgan fingerprint density at radius 1 is 1.00 bits per heavy atom. The predicted octanol–water partition coefficient (Wildman–Crippen LogP) is 3.55. The fraction of sp³-hybridized carbons (Fsp3) is 0.381. The molecule has 2 fully saturated rings. The predicted molar refractivity (Wildman–Crippen MR) is 94.8 cm³/mol. The summed E-state index contributed by atoms with van der Waals surface area (Å²) in [5.74, 6) is 0.684. The molecule has 1 saturated heterocycles. The molecule has 0 bridgehead atoms. The number of hydrogen-bond donors (Lipinski definition) is 1. The van der Waals surface area contributed by atoms with Crippen LogP contribution in [0.25, 0.3) is 0 Å². The Balaban J connectivity index is 1.34. The van der Waals surface area contributed by atoms with Crippen LogP contribution in [0.5, 0.6) is 0 Å². The molecule has 1 aliphatic heterocycles. The van der Waals surface area contributed by atoms with E-state index in [1.54, 1.807) is 4.90 Å². The molecule has 0 aromatic heterocycles. The van der Waals surface area contributed by atoms with Gasteiger partial charge in [0.2, 0.25) is 0 Å². The van der Waals surface area contributed by atoms with Gasteiger partial charge in [-0.1, -0.05) is 60.7 Å². The molecule has 1 heterocycles. The van der Waals surface area contributed by atoms with Crippen molar-refractivity contribution in [2.45, 2.75) is 25.0 Å². The van der Waals surface area contributed by atoms with Crippen LogP contribution in [0, 0.1) is 11.8 Å². The Labute approximate surface area is 148 Å². The van der Waals surface area contributed by atoms with Crippen LogP contribution in [-0.2, 0) is 16.9 Å². The maximum absolute atomic E-state index is 12.3. The lowest BCUT2D eigenvalue weighted by atomic mass is 9.90. The smallest absolute Gasteiger partial charge is 0.410 e. The number of hydrogen-bond acceptors (Lipinski definition) is 3. The van der Waals surface area contributed by atoms with Crippen LogP contribution in [0.15, 0.2) is 60.7 Å². The third-order valence-electron chi connectivity index (χ3n) is 5.55. The minimum atomic E-state index is -0.753. The van der Waals surface area contributed by atoms with Crippen LogP contribution in [0.4, 0.5) is 4.79 Å². The Morgan fingerprint density at radius 2 is 1.56 bits per heavy atom. The van der Waals surface area contributed by atoms with E-state index in [1.807, 2.05) is 60.7 Å². The molecule has 1 saturated carbocycles. The molecule has 1 aliphatic carbocycles. The van der Waals surface area contributed by atoms with Gasteiger partial charge in [0.05, 0.1) is 5.60 Å². The first-order valence-electron chi connectivity index (χ1n) is 8.87. The third kappa shape index (κ3) is 3.27. The quantitative estimate of drug-likeness (QED) is 0.932. The van der Waals surface area contributed by atoms with Gasteiger partial charge in [0, 0.05) is 13.1 Å². The normalized spacial score (nSPS) is 28.0. The average molecular weight is 337 g/mol. The SMILES string of the molecule is O=C(OCc1ccccc1)N1CC2CC(O)(c3ccccc3)CC2C1. The van der Waals surface area contributed by atoms with Gasteiger partial charge in [0.1, 0.15) is 6.61 Å². The van der Waals surface area contributed by atoms with Crippen LogP contribution < -0.4 is 0 Å². The second kappa shape index (κ2) is 6.52. The molecule has 4 heteroatoms. The molecule has 4 rings (SSSR count). The fourth-order valence-corrected chi connectivity index (χ4v) is 4.30. The van der Waals surface area contributed by atoms with Gasteiger partial charge in [-0.25, -0.2) is 4.79 Å². The van der Waals surface area contributed by atoms with Crippen molar-refractivity contribution in [1.82, 2.24) is 4.90 Å². The minimum absolute atomic E-state index is 0.249. The number of nitrogens with zero attached hydrogens (tertiary/aromatic N) is 1. The van der Waals surface area contributed by atoms with E-state index < -0.39 is 5.60 Å². The first-order chi connectivity index (χ1) is 12.1. The number of amides is 1. The second-order valence-electron chi connectivity index (χ2n) is 7.27. The minimum Gasteiger partial charge on any atom is -0.445 e. The molecule has 130 valence electrons. The lowest BCUT2D eigenvalue weighted by molar-refractivity contribution is 0.0298. The van der Waals surface area contributed by atoms with Crippen molar-refractivity contribution >= 4 is 6.09 Å². The number of carbonyl (C=O) groups excluding carboxylic acids is 1. The van der Waals surface area contributed by atoms with Crippen LogP contribution in [0.1, 0.15) is 24.0 Å². The summed E-state index contributed by atoms with van der Waals surface area (Å²) in [6.07, 6.45) is 1.18. The van der Waals surface area contributed by atoms with Crippen LogP contribution >= 0.6 is 0 Å². The molecule has 0 spiro atoms. The molecule has 2 aromatic carbocycles. The fourth-order valence-electron chi connectivity index (χ4n) is 4.30. The van der Waals surface area contributed by atoms with Gasteiger partial charge in [0.25, 0.3) is 0 Å². The summed E-state index contributed by atoms with van der Waals surface area (Å²) in [7, 11) is 0. The van der Waals surface area contributed by atoms with E-state index in [2.05, 4.69) is 0 Å². The molecule has 2 atom stereocenters. The zero-order valence-electron chi connectivity index (χ0n) is 14.2. The Hall–Kier alpha value is -2.33. The van der Waals surface area contributed by atoms with Crippen LogP contribution in [0.2, 0.25) is 0 Å². The maximum atomic E-state index is 12.3. The summed E-state index contributed by atoms with van der Waals surface area (Å²) in [4.78, 5) is 14.1. The maximum Gasteiger partial charge on any atom is 0.410 e. The first kappa shape index (κ1) is 16.2. The monoisotopic (exact) mass is 337 g/mol. The van der Waals surface area contributed by atoms with Crippen molar-refractivity contribution in [2.75, 3.05) is 13.1 Å². The third-order valence-corrected chi connectivity index (χ3v) is 5.55. The number of benzene rings is 2. The topological polar surface area (TPSA) is 49.8 Å². The van der Waals surface area contributed by atoms with E-state index in [9.17, 15) is 9.90 Å². The van der Waals surface area contributed by atoms with Crippen molar-refractivity contribution in [3.8, 4) is 0 Å². The first-order valence-corrected chi connectivity index (χ1v) is 8.87. The molecule has 2 aromatic rings. The van der Waals surface area contributed by atoms with E-state index in [1.165, 1.54) is 0 Å². The zero-order valence-corrected chi connectivity index (χ0v) is 14.2. The van der Waals surface area contributed by atoms with Crippen LogP contribution in [-0.4, -0.2) is 29.2 Å². The zero-order chi connectivity index (χ0) is 17.3. The van der Waals surface area contributed by atoms with Gasteiger partial charge >= 0.3 is 6.09 Å². The number of likely N-dealkylation sites (tertiary alicyclic amines) is 1. The summed E-state index contributed by atoms with van der Waals surface area (Å²) in [6.45, 7) is 1.65. The van der Waals surface area contributed by atoms with Crippen molar-refractivity contribution in [2.24, 2.45) is 11.8 Å². The lowest BCUT2D eigenvalue weighted by Crippen LogP contribution is -2.32. The summed E-state index contributed by atoms with van der Waals surface area (Å²) >= 11 is 0. The summed E-state index contributed by atoms with van der Waals surface area (Å²) < 4.78 is 5.44. The number of fused-ring (bicyclic) bond motifs is 1. The molecule has 1 N–H and O–H groups in total. The average Bonchev–Trinajstić information content (AvgIpc) is 3.17. The van der Waals surface area contributed by atoms with Gasteiger partial charge in [-0.15, -0.1) is 0 Å². The molecule has 2 unspecified atom stereocenters. The van der Waals surface area contributed by atoms with Gasteiger partial charge in [-0.3, -0.25) is 0 Å². The number of carbonyl (C=O) groups is 1. The van der Waals surface area contributed by atoms with Gasteiger partial charge in [-0.2, -0.15) is 0 Å². The van der Waals surface area contributed by atoms with E-state index in [4.69, 9.17) is 4.74 Å². The largest absolute Gasteiger partial charge is 0.445 e. The van der Waals surface area contributed by atoms with Gasteiger partial charge in [0.15, 0.2) is 0 Å². The van der Waals surface area contributed by atoms with E-state index in [0.29, 0.717) is 44.4 Å². The molecule has 2 aliphatic rings. The van der Waals surface area contributed by atoms with Gasteiger partial charge < -0.3 is 14.7 Å². The Morgan fingerprint density at radius 3 is 2.16 bits per heavy atom. The highest BCUT2D eigenvalue weighted by atomic mass is 16.6. The van der Waals surface area contributed by atoms with Crippen molar-refractivity contribution in [3.05, 3.63) is 71.8 Å². The van der Waals surface area contributed by atoms with E-state index in [0.717, 1.165) is 11.1 Å². The van der Waals surface area contributed by atoms with E-state index >= 15 is 0 Å². The molecular formula is C21H23NO3. The Bertz CT molecular complexity index is 717. The highest BCUT2D eigenvalue weighted by Gasteiger charge is 2.50. The van der Waals surface area contributed by atoms with Crippen molar-refractivity contribution in [1.29, 1.82) is 0 Å². The summed E-state index contributed by atoms with van der Waals surface area (Å²) in [5, 5.41) is 11.0. The van der Waals surface area contributed by atoms with Crippen LogP contribution in [0.3, 0.4) is 0 Å². The standard InChI is InChI=1S/C21H23NO3/c23-20(25-15-16-7-3-1-4-8-16)22-13-17-11-21(24,12-18(17)14-22)19-9-5-2-6-10-19/h1-10,17-18,24H,11-15H2. The second-order valence-corrected chi connectivity index (χ2v) is 7.27. The molecule has 0 radical (unpaired) electrons. The molecular weight excluding hydrogens is 314 g/mol. The molecule has 25 heavy (non-hydrogen) atoms. The summed E-state index contributed by atoms with van der Waals surface area (Å²) in [5.41, 5.74) is 1.23. The molecule has 4 nitrogen and oxygen atoms in total.